The molecule has 2 aromatic rings. The number of aliphatic imine (C=N–C) groups is 1. The third-order valence-electron chi connectivity index (χ3n) is 5.48. The largest absolute Gasteiger partial charge is 0.370 e. The van der Waals surface area contributed by atoms with Gasteiger partial charge in [-0.3, -0.25) is 19.4 Å². The summed E-state index contributed by atoms with van der Waals surface area (Å²) in [5.74, 6) is -0.996. The number of guanidine groups is 1. The number of nitrogens with zero attached hydrogens (tertiary/aromatic N) is 3. The lowest BCUT2D eigenvalue weighted by Crippen LogP contribution is -2.52. The predicted molar refractivity (Wildman–Crippen MR) is 126 cm³/mol. The number of amides is 2. The van der Waals surface area contributed by atoms with Crippen LogP contribution in [0.15, 0.2) is 46.9 Å². The van der Waals surface area contributed by atoms with E-state index in [1.807, 2.05) is 18.2 Å². The van der Waals surface area contributed by atoms with Crippen LogP contribution in [0.2, 0.25) is 0 Å². The van der Waals surface area contributed by atoms with Crippen molar-refractivity contribution in [2.24, 2.45) is 22.2 Å². The maximum Gasteiger partial charge on any atom is 0.244 e. The van der Waals surface area contributed by atoms with Gasteiger partial charge in [0, 0.05) is 24.7 Å². The Kier molecular flexibility index (Phi) is 8.50. The van der Waals surface area contributed by atoms with Crippen LogP contribution in [0.25, 0.3) is 0 Å². The molecule has 1 aliphatic rings. The SMILES string of the molecule is NC(N)=NCCCC(NC(=O)[C@@H]1CCCN1C(=O)[C@H](N)c1ccccc1)C(=O)c1nccs1. The van der Waals surface area contributed by atoms with Crippen LogP contribution >= 0.6 is 11.3 Å². The molecule has 2 amide bonds. The summed E-state index contributed by atoms with van der Waals surface area (Å²) in [5.41, 5.74) is 17.6. The molecule has 1 aromatic heterocycles. The second-order valence-corrected chi connectivity index (χ2v) is 8.68. The molecule has 33 heavy (non-hydrogen) atoms. The highest BCUT2D eigenvalue weighted by atomic mass is 32.1. The van der Waals surface area contributed by atoms with Gasteiger partial charge < -0.3 is 27.4 Å². The highest BCUT2D eigenvalue weighted by Gasteiger charge is 2.38. The number of carbonyl (C=O) groups excluding carboxylic acids is 3. The molecule has 3 atom stereocenters. The normalized spacial score (nSPS) is 17.2. The third-order valence-corrected chi connectivity index (χ3v) is 6.27. The first-order valence-electron chi connectivity index (χ1n) is 10.8. The summed E-state index contributed by atoms with van der Waals surface area (Å²) >= 11 is 1.21. The number of nitrogens with one attached hydrogen (secondary N) is 1. The fraction of sp³-hybridized carbons (Fsp3) is 0.409. The Hall–Kier alpha value is -3.31. The number of ketones is 1. The van der Waals surface area contributed by atoms with E-state index >= 15 is 0 Å². The molecule has 1 unspecified atom stereocenters. The number of carbonyl (C=O) groups is 3. The molecule has 0 radical (unpaired) electrons. The fourth-order valence-corrected chi connectivity index (χ4v) is 4.45. The minimum absolute atomic E-state index is 0.0308. The second kappa shape index (κ2) is 11.5. The van der Waals surface area contributed by atoms with Gasteiger partial charge in [0.25, 0.3) is 0 Å². The minimum Gasteiger partial charge on any atom is -0.370 e. The molecule has 10 nitrogen and oxygen atoms in total. The number of likely N-dealkylation sites (tertiary alicyclic amines) is 1. The smallest absolute Gasteiger partial charge is 0.244 e. The fourth-order valence-electron chi connectivity index (χ4n) is 3.82. The van der Waals surface area contributed by atoms with Crippen molar-refractivity contribution in [1.82, 2.24) is 15.2 Å². The Bertz CT molecular complexity index is 977. The van der Waals surface area contributed by atoms with Crippen LogP contribution in [0.5, 0.6) is 0 Å². The first-order chi connectivity index (χ1) is 15.9. The van der Waals surface area contributed by atoms with E-state index in [1.165, 1.54) is 16.2 Å². The molecule has 1 fully saturated rings. The molecule has 1 aromatic carbocycles. The van der Waals surface area contributed by atoms with Crippen molar-refractivity contribution in [1.29, 1.82) is 0 Å². The maximum absolute atomic E-state index is 13.2. The Morgan fingerprint density at radius 2 is 2.00 bits per heavy atom. The van der Waals surface area contributed by atoms with Crippen LogP contribution in [-0.4, -0.2) is 58.6 Å². The number of rotatable bonds is 10. The molecule has 7 N–H and O–H groups in total. The Labute approximate surface area is 196 Å². The van der Waals surface area contributed by atoms with E-state index in [0.717, 1.165) is 0 Å². The Morgan fingerprint density at radius 3 is 2.67 bits per heavy atom. The van der Waals surface area contributed by atoms with Gasteiger partial charge in [0.15, 0.2) is 11.0 Å². The number of hydrogen-bond acceptors (Lipinski definition) is 7. The number of thiazole rings is 1. The minimum atomic E-state index is -0.855. The maximum atomic E-state index is 13.2. The molecular weight excluding hydrogens is 442 g/mol. The van der Waals surface area contributed by atoms with E-state index < -0.39 is 18.1 Å². The van der Waals surface area contributed by atoms with Crippen LogP contribution in [0.1, 0.15) is 47.1 Å². The monoisotopic (exact) mass is 471 g/mol. The van der Waals surface area contributed by atoms with Gasteiger partial charge in [0.05, 0.1) is 6.04 Å². The molecular formula is C22H29N7O3S. The molecule has 2 heterocycles. The van der Waals surface area contributed by atoms with Crippen LogP contribution in [0.4, 0.5) is 0 Å². The molecule has 1 aliphatic heterocycles. The van der Waals surface area contributed by atoms with Gasteiger partial charge in [-0.05, 0) is 31.2 Å². The first kappa shape index (κ1) is 24.3. The van der Waals surface area contributed by atoms with E-state index in [1.54, 1.807) is 23.7 Å². The van der Waals surface area contributed by atoms with Crippen molar-refractivity contribution < 1.29 is 14.4 Å². The van der Waals surface area contributed by atoms with Gasteiger partial charge in [0.2, 0.25) is 17.6 Å². The van der Waals surface area contributed by atoms with Crippen molar-refractivity contribution >= 4 is 34.9 Å². The highest BCUT2D eigenvalue weighted by Crippen LogP contribution is 2.23. The molecule has 11 heteroatoms. The number of nitrogens with two attached hydrogens (primary N) is 3. The molecule has 0 aliphatic carbocycles. The lowest BCUT2D eigenvalue weighted by atomic mass is 10.0. The number of Topliss-reactive ketones (excluding diaryl/α,β-unsaturated/α-hetero) is 1. The van der Waals surface area contributed by atoms with Gasteiger partial charge >= 0.3 is 0 Å². The van der Waals surface area contributed by atoms with E-state index in [-0.39, 0.29) is 23.6 Å². The van der Waals surface area contributed by atoms with Crippen LogP contribution in [0.3, 0.4) is 0 Å². The zero-order chi connectivity index (χ0) is 23.8. The molecule has 0 saturated carbocycles. The average molecular weight is 472 g/mol. The number of benzene rings is 1. The van der Waals surface area contributed by atoms with Gasteiger partial charge in [0.1, 0.15) is 12.1 Å². The van der Waals surface area contributed by atoms with Crippen molar-refractivity contribution in [3.05, 3.63) is 52.5 Å². The van der Waals surface area contributed by atoms with Crippen molar-refractivity contribution in [2.75, 3.05) is 13.1 Å². The summed E-state index contributed by atoms with van der Waals surface area (Å²) in [6.45, 7) is 0.771. The topological polar surface area (TPSA) is 170 Å². The first-order valence-corrected chi connectivity index (χ1v) is 11.7. The zero-order valence-corrected chi connectivity index (χ0v) is 19.0. The van der Waals surface area contributed by atoms with Gasteiger partial charge in [-0.25, -0.2) is 4.98 Å². The number of aromatic nitrogens is 1. The van der Waals surface area contributed by atoms with Crippen molar-refractivity contribution in [3.63, 3.8) is 0 Å². The molecule has 0 bridgehead atoms. The highest BCUT2D eigenvalue weighted by molar-refractivity contribution is 7.11. The summed E-state index contributed by atoms with van der Waals surface area (Å²) < 4.78 is 0. The predicted octanol–water partition coefficient (Wildman–Crippen LogP) is 0.555. The standard InChI is InChI=1S/C22H29N7O3S/c23-17(14-6-2-1-3-7-14)21(32)29-12-5-9-16(29)19(31)28-15(8-4-10-27-22(24)25)18(30)20-26-11-13-33-20/h1-3,6-7,11,13,15-17H,4-5,8-10,12,23H2,(H,28,31)(H4,24,25,27)/t15?,16-,17+/m0/s1. The average Bonchev–Trinajstić information content (AvgIpc) is 3.52. The van der Waals surface area contributed by atoms with Crippen LogP contribution in [0, 0.1) is 0 Å². The molecule has 1 saturated heterocycles. The lowest BCUT2D eigenvalue weighted by molar-refractivity contribution is -0.139. The quantitative estimate of drug-likeness (QED) is 0.170. The Balaban J connectivity index is 1.69. The second-order valence-electron chi connectivity index (χ2n) is 7.79. The van der Waals surface area contributed by atoms with Crippen molar-refractivity contribution in [3.8, 4) is 0 Å². The van der Waals surface area contributed by atoms with E-state index in [2.05, 4.69) is 15.3 Å². The molecule has 176 valence electrons. The van der Waals surface area contributed by atoms with Gasteiger partial charge in [-0.2, -0.15) is 0 Å². The summed E-state index contributed by atoms with van der Waals surface area (Å²) in [7, 11) is 0. The third kappa shape index (κ3) is 6.36. The summed E-state index contributed by atoms with van der Waals surface area (Å²) in [5, 5.41) is 4.85. The van der Waals surface area contributed by atoms with Gasteiger partial charge in [-0.1, -0.05) is 30.3 Å². The van der Waals surface area contributed by atoms with E-state index in [0.29, 0.717) is 49.3 Å². The molecule has 0 spiro atoms. The van der Waals surface area contributed by atoms with Crippen molar-refractivity contribution in [2.45, 2.75) is 43.8 Å². The van der Waals surface area contributed by atoms with E-state index in [4.69, 9.17) is 17.2 Å². The summed E-state index contributed by atoms with van der Waals surface area (Å²) in [4.78, 5) is 48.7. The van der Waals surface area contributed by atoms with Gasteiger partial charge in [-0.15, -0.1) is 11.3 Å². The van der Waals surface area contributed by atoms with E-state index in [9.17, 15) is 14.4 Å². The lowest BCUT2D eigenvalue weighted by Gasteiger charge is -2.28. The Morgan fingerprint density at radius 1 is 1.24 bits per heavy atom. The summed E-state index contributed by atoms with van der Waals surface area (Å²) in [6.07, 6.45) is 3.56. The van der Waals surface area contributed by atoms with Crippen LogP contribution < -0.4 is 22.5 Å². The summed E-state index contributed by atoms with van der Waals surface area (Å²) in [6, 6.07) is 6.71. The van der Waals surface area contributed by atoms with Crippen LogP contribution in [-0.2, 0) is 9.59 Å². The molecule has 3 rings (SSSR count). The number of hydrogen-bond donors (Lipinski definition) is 4. The zero-order valence-electron chi connectivity index (χ0n) is 18.2.